The van der Waals surface area contributed by atoms with Crippen molar-refractivity contribution >= 4 is 12.4 Å². The van der Waals surface area contributed by atoms with E-state index in [-0.39, 0.29) is 12.4 Å². The maximum absolute atomic E-state index is 6.00. The summed E-state index contributed by atoms with van der Waals surface area (Å²) in [7, 11) is 1.98. The molecule has 1 aliphatic heterocycles. The molecular weight excluding hydrogens is 224 g/mol. The van der Waals surface area contributed by atoms with Gasteiger partial charge in [0.2, 0.25) is 0 Å². The monoisotopic (exact) mass is 244 g/mol. The van der Waals surface area contributed by atoms with Crippen molar-refractivity contribution in [2.45, 2.75) is 26.4 Å². The molecule has 0 spiro atoms. The van der Waals surface area contributed by atoms with Gasteiger partial charge in [-0.25, -0.2) is 0 Å². The van der Waals surface area contributed by atoms with Gasteiger partial charge in [-0.2, -0.15) is 5.10 Å². The zero-order valence-electron chi connectivity index (χ0n) is 10.2. The van der Waals surface area contributed by atoms with Gasteiger partial charge in [0, 0.05) is 44.0 Å². The minimum absolute atomic E-state index is 0. The van der Waals surface area contributed by atoms with E-state index in [9.17, 15) is 0 Å². The van der Waals surface area contributed by atoms with E-state index in [0.717, 1.165) is 19.6 Å². The number of nitrogens with two attached hydrogens (primary N) is 1. The Balaban J connectivity index is 0.00000128. The predicted octanol–water partition coefficient (Wildman–Crippen LogP) is 0.929. The van der Waals surface area contributed by atoms with Crippen LogP contribution in [0.25, 0.3) is 0 Å². The van der Waals surface area contributed by atoms with E-state index in [1.165, 1.54) is 11.3 Å². The second-order valence-electron chi connectivity index (χ2n) is 4.71. The first-order chi connectivity index (χ1) is 7.08. The Morgan fingerprint density at radius 3 is 2.62 bits per heavy atom. The molecule has 0 radical (unpaired) electrons. The number of hydrogen-bond acceptors (Lipinski definition) is 3. The normalized spacial score (nSPS) is 25.8. The van der Waals surface area contributed by atoms with Crippen LogP contribution in [-0.2, 0) is 13.6 Å². The van der Waals surface area contributed by atoms with Crippen molar-refractivity contribution in [2.24, 2.45) is 18.7 Å². The number of aromatic nitrogens is 2. The number of halogens is 1. The average Bonchev–Trinajstić information content (AvgIpc) is 2.65. The van der Waals surface area contributed by atoms with Gasteiger partial charge in [-0.3, -0.25) is 9.58 Å². The summed E-state index contributed by atoms with van der Waals surface area (Å²) in [5.74, 6) is 0.613. The van der Waals surface area contributed by atoms with Gasteiger partial charge in [-0.05, 0) is 12.8 Å². The lowest BCUT2D eigenvalue weighted by molar-refractivity contribution is 0.318. The van der Waals surface area contributed by atoms with Gasteiger partial charge in [0.1, 0.15) is 0 Å². The summed E-state index contributed by atoms with van der Waals surface area (Å²) in [6.07, 6.45) is 1.96. The van der Waals surface area contributed by atoms with Crippen molar-refractivity contribution < 1.29 is 0 Å². The molecule has 0 aromatic carbocycles. The number of rotatable bonds is 2. The number of likely N-dealkylation sites (tertiary alicyclic amines) is 1. The van der Waals surface area contributed by atoms with Crippen molar-refractivity contribution in [1.29, 1.82) is 0 Å². The Morgan fingerprint density at radius 2 is 2.19 bits per heavy atom. The molecule has 16 heavy (non-hydrogen) atoms. The summed E-state index contributed by atoms with van der Waals surface area (Å²) >= 11 is 0. The zero-order valence-corrected chi connectivity index (χ0v) is 11.0. The fourth-order valence-corrected chi connectivity index (χ4v) is 2.16. The van der Waals surface area contributed by atoms with Crippen LogP contribution >= 0.6 is 12.4 Å². The van der Waals surface area contributed by atoms with Crippen LogP contribution in [0.2, 0.25) is 0 Å². The molecule has 2 unspecified atom stereocenters. The molecule has 4 nitrogen and oxygen atoms in total. The van der Waals surface area contributed by atoms with Crippen molar-refractivity contribution in [3.8, 4) is 0 Å². The third kappa shape index (κ3) is 2.56. The smallest absolute Gasteiger partial charge is 0.0537 e. The first kappa shape index (κ1) is 13.5. The van der Waals surface area contributed by atoms with Gasteiger partial charge in [0.15, 0.2) is 0 Å². The Morgan fingerprint density at radius 1 is 1.50 bits per heavy atom. The summed E-state index contributed by atoms with van der Waals surface area (Å²) in [6.45, 7) is 7.44. The summed E-state index contributed by atoms with van der Waals surface area (Å²) in [5, 5.41) is 4.26. The molecule has 1 saturated heterocycles. The van der Waals surface area contributed by atoms with Gasteiger partial charge < -0.3 is 5.73 Å². The fourth-order valence-electron chi connectivity index (χ4n) is 2.16. The lowest BCUT2D eigenvalue weighted by Crippen LogP contribution is -2.28. The standard InChI is InChI=1S/C11H20N4.ClH/c1-8-5-15(7-11(8)12)6-10-4-13-14(3)9(10)2;/h4,8,11H,5-7,12H2,1-3H3;1H. The maximum atomic E-state index is 6.00. The lowest BCUT2D eigenvalue weighted by atomic mass is 10.1. The van der Waals surface area contributed by atoms with E-state index in [4.69, 9.17) is 5.73 Å². The molecule has 2 rings (SSSR count). The van der Waals surface area contributed by atoms with Gasteiger partial charge in [-0.1, -0.05) is 6.92 Å². The SMILES string of the molecule is Cc1c(CN2CC(C)C(N)C2)cnn1C.Cl. The van der Waals surface area contributed by atoms with E-state index in [2.05, 4.69) is 23.8 Å². The molecule has 1 aliphatic rings. The summed E-state index contributed by atoms with van der Waals surface area (Å²) in [4.78, 5) is 2.42. The molecule has 0 bridgehead atoms. The Kier molecular flexibility index (Phi) is 4.35. The highest BCUT2D eigenvalue weighted by Crippen LogP contribution is 2.18. The summed E-state index contributed by atoms with van der Waals surface area (Å²) in [5.41, 5.74) is 8.57. The molecule has 1 aromatic rings. The molecule has 0 amide bonds. The highest BCUT2D eigenvalue weighted by molar-refractivity contribution is 5.85. The minimum atomic E-state index is 0. The number of aryl methyl sites for hydroxylation is 1. The summed E-state index contributed by atoms with van der Waals surface area (Å²) in [6, 6.07) is 0.335. The quantitative estimate of drug-likeness (QED) is 0.842. The van der Waals surface area contributed by atoms with E-state index >= 15 is 0 Å². The molecule has 2 N–H and O–H groups in total. The second-order valence-corrected chi connectivity index (χ2v) is 4.71. The molecule has 2 atom stereocenters. The molecule has 2 heterocycles. The van der Waals surface area contributed by atoms with Gasteiger partial charge in [0.05, 0.1) is 6.20 Å². The predicted molar refractivity (Wildman–Crippen MR) is 67.6 cm³/mol. The van der Waals surface area contributed by atoms with Crippen molar-refractivity contribution in [2.75, 3.05) is 13.1 Å². The Bertz CT molecular complexity index is 340. The molecule has 92 valence electrons. The van der Waals surface area contributed by atoms with Crippen molar-refractivity contribution in [1.82, 2.24) is 14.7 Å². The lowest BCUT2D eigenvalue weighted by Gasteiger charge is -2.14. The Hall–Kier alpha value is -0.580. The molecule has 0 aliphatic carbocycles. The molecule has 1 aromatic heterocycles. The van der Waals surface area contributed by atoms with E-state index in [1.54, 1.807) is 0 Å². The third-order valence-electron chi connectivity index (χ3n) is 3.48. The van der Waals surface area contributed by atoms with Crippen LogP contribution in [0.1, 0.15) is 18.2 Å². The largest absolute Gasteiger partial charge is 0.326 e. The molecule has 0 saturated carbocycles. The van der Waals surface area contributed by atoms with Crippen LogP contribution in [-0.4, -0.2) is 33.8 Å². The molecular formula is C11H21ClN4. The van der Waals surface area contributed by atoms with Crippen LogP contribution in [0.5, 0.6) is 0 Å². The summed E-state index contributed by atoms with van der Waals surface area (Å²) < 4.78 is 1.93. The maximum Gasteiger partial charge on any atom is 0.0537 e. The fraction of sp³-hybridized carbons (Fsp3) is 0.727. The first-order valence-corrected chi connectivity index (χ1v) is 5.53. The van der Waals surface area contributed by atoms with E-state index in [0.29, 0.717) is 12.0 Å². The second kappa shape index (κ2) is 5.17. The Labute approximate surface area is 103 Å². The van der Waals surface area contributed by atoms with Gasteiger partial charge >= 0.3 is 0 Å². The first-order valence-electron chi connectivity index (χ1n) is 5.53. The molecule has 1 fully saturated rings. The average molecular weight is 245 g/mol. The van der Waals surface area contributed by atoms with Crippen LogP contribution < -0.4 is 5.73 Å². The van der Waals surface area contributed by atoms with Crippen LogP contribution in [0, 0.1) is 12.8 Å². The number of nitrogens with zero attached hydrogens (tertiary/aromatic N) is 3. The van der Waals surface area contributed by atoms with Crippen LogP contribution in [0.4, 0.5) is 0 Å². The highest BCUT2D eigenvalue weighted by atomic mass is 35.5. The van der Waals surface area contributed by atoms with Crippen LogP contribution in [0.3, 0.4) is 0 Å². The van der Waals surface area contributed by atoms with Gasteiger partial charge in [0.25, 0.3) is 0 Å². The zero-order chi connectivity index (χ0) is 11.0. The van der Waals surface area contributed by atoms with E-state index < -0.39 is 0 Å². The topological polar surface area (TPSA) is 47.1 Å². The van der Waals surface area contributed by atoms with Crippen molar-refractivity contribution in [3.63, 3.8) is 0 Å². The third-order valence-corrected chi connectivity index (χ3v) is 3.48. The van der Waals surface area contributed by atoms with Gasteiger partial charge in [-0.15, -0.1) is 12.4 Å². The van der Waals surface area contributed by atoms with Crippen LogP contribution in [0.15, 0.2) is 6.20 Å². The number of hydrogen-bond donors (Lipinski definition) is 1. The van der Waals surface area contributed by atoms with E-state index in [1.807, 2.05) is 17.9 Å². The van der Waals surface area contributed by atoms with Crippen molar-refractivity contribution in [3.05, 3.63) is 17.5 Å². The highest BCUT2D eigenvalue weighted by Gasteiger charge is 2.26. The minimum Gasteiger partial charge on any atom is -0.326 e. The molecule has 5 heteroatoms.